The first-order chi connectivity index (χ1) is 25.2. The molecule has 0 aromatic carbocycles. The molecule has 0 radical (unpaired) electrons. The van der Waals surface area contributed by atoms with Gasteiger partial charge in [0.1, 0.15) is 0 Å². The van der Waals surface area contributed by atoms with Gasteiger partial charge in [-0.1, -0.05) is 52.7 Å². The van der Waals surface area contributed by atoms with Crippen LogP contribution in [0.5, 0.6) is 0 Å². The second-order valence-electron chi connectivity index (χ2n) is 18.7. The van der Waals surface area contributed by atoms with Crippen molar-refractivity contribution in [3.05, 3.63) is 12.2 Å². The van der Waals surface area contributed by atoms with E-state index in [2.05, 4.69) is 64.7 Å². The molecule has 0 heterocycles. The fraction of sp³-hybridized carbons (Fsp3) is 0.864. The number of carbonyl (C=O) groups is 2. The van der Waals surface area contributed by atoms with E-state index in [1.165, 1.54) is 31.3 Å². The molecule has 53 heavy (non-hydrogen) atoms. The van der Waals surface area contributed by atoms with Crippen molar-refractivity contribution in [1.29, 1.82) is 0 Å². The van der Waals surface area contributed by atoms with Gasteiger partial charge in [-0.15, -0.1) is 6.42 Å². The zero-order chi connectivity index (χ0) is 38.5. The van der Waals surface area contributed by atoms with Crippen molar-refractivity contribution in [1.82, 2.24) is 10.6 Å². The Morgan fingerprint density at radius 2 is 1.42 bits per heavy atom. The van der Waals surface area contributed by atoms with E-state index < -0.39 is 6.09 Å². The number of alkyl carbamates (subject to hydrolysis) is 1. The third-order valence-electron chi connectivity index (χ3n) is 16.0. The van der Waals surface area contributed by atoms with Gasteiger partial charge in [-0.05, 0) is 135 Å². The molecule has 0 aromatic rings. The Labute approximate surface area is 320 Å². The average molecular weight is 741 g/mol. The van der Waals surface area contributed by atoms with E-state index >= 15 is 0 Å². The Morgan fingerprint density at radius 3 is 2.06 bits per heavy atom. The van der Waals surface area contributed by atoms with Crippen molar-refractivity contribution >= 4 is 12.0 Å². The second kappa shape index (κ2) is 17.3. The first-order valence-corrected chi connectivity index (χ1v) is 20.9. The van der Waals surface area contributed by atoms with Gasteiger partial charge in [0.15, 0.2) is 6.61 Å². The molecule has 3 N–H and O–H groups in total. The predicted molar refractivity (Wildman–Crippen MR) is 208 cm³/mol. The third-order valence-corrected chi connectivity index (χ3v) is 16.0. The quantitative estimate of drug-likeness (QED) is 0.0814. The van der Waals surface area contributed by atoms with E-state index in [4.69, 9.17) is 25.4 Å². The van der Waals surface area contributed by atoms with Crippen LogP contribution in [-0.2, 0) is 23.7 Å². The van der Waals surface area contributed by atoms with Crippen molar-refractivity contribution in [2.24, 2.45) is 56.7 Å². The van der Waals surface area contributed by atoms with Crippen LogP contribution in [0.2, 0.25) is 0 Å². The van der Waals surface area contributed by atoms with Gasteiger partial charge in [-0.25, -0.2) is 4.79 Å². The number of terminal acetylenes is 1. The fourth-order valence-corrected chi connectivity index (χ4v) is 13.1. The molecule has 2 amide bonds. The van der Waals surface area contributed by atoms with Crippen molar-refractivity contribution in [3.8, 4) is 12.3 Å². The number of nitrogens with one attached hydrogen (secondary N) is 2. The number of hydrogen-bond acceptors (Lipinski definition) is 7. The minimum absolute atomic E-state index is 0.0362. The lowest BCUT2D eigenvalue weighted by atomic mass is 9.32. The van der Waals surface area contributed by atoms with E-state index in [-0.39, 0.29) is 45.7 Å². The highest BCUT2D eigenvalue weighted by Gasteiger charge is 2.71. The molecular weight excluding hydrogens is 668 g/mol. The molecule has 0 spiro atoms. The van der Waals surface area contributed by atoms with Crippen LogP contribution in [0.25, 0.3) is 0 Å². The number of rotatable bonds is 17. The molecule has 10 atom stereocenters. The Kier molecular flexibility index (Phi) is 13.8. The van der Waals surface area contributed by atoms with E-state index in [1.54, 1.807) is 0 Å². The topological polar surface area (TPSA) is 115 Å². The van der Waals surface area contributed by atoms with E-state index in [0.717, 1.165) is 44.9 Å². The van der Waals surface area contributed by atoms with Crippen LogP contribution >= 0.6 is 0 Å². The van der Waals surface area contributed by atoms with Gasteiger partial charge in [0.2, 0.25) is 5.91 Å². The van der Waals surface area contributed by atoms with Gasteiger partial charge in [0.05, 0.1) is 37.9 Å². The van der Waals surface area contributed by atoms with E-state index in [1.807, 2.05) is 0 Å². The highest BCUT2D eigenvalue weighted by molar-refractivity contribution is 5.84. The molecule has 300 valence electrons. The number of aliphatic hydroxyl groups is 1. The number of allylic oxidation sites excluding steroid dienone is 1. The molecular formula is C44H72N2O7. The van der Waals surface area contributed by atoms with Crippen LogP contribution in [0.1, 0.15) is 119 Å². The van der Waals surface area contributed by atoms with Gasteiger partial charge in [-0.2, -0.15) is 0 Å². The summed E-state index contributed by atoms with van der Waals surface area (Å²) >= 11 is 0. The smallest absolute Gasteiger partial charge is 0.408 e. The predicted octanol–water partition coefficient (Wildman–Crippen LogP) is 7.31. The number of ether oxygens (including phenoxy) is 4. The van der Waals surface area contributed by atoms with Crippen LogP contribution in [-0.4, -0.2) is 82.5 Å². The standard InChI is InChI=1S/C44H72N2O7/c1-9-24-53-39(49)46-23-11-26-51-28-30-52-29-27-50-25-10-22-45-38(48)44-19-14-32(31(2)3)37(44)33-12-13-35-41(6)17-16-36(47)40(4,5)34(41)15-18-43(35,8)42(33,7)20-21-44/h1,32-37,47H,2,10-30H2,3-8H3,(H,45,48)(H,46,49)/t32-,33+,34-,35+,36-,37+,41-,42+,43+,44-/m0/s1. The summed E-state index contributed by atoms with van der Waals surface area (Å²) in [5, 5.41) is 17.1. The first-order valence-electron chi connectivity index (χ1n) is 20.9. The van der Waals surface area contributed by atoms with Gasteiger partial charge >= 0.3 is 6.09 Å². The highest BCUT2D eigenvalue weighted by atomic mass is 16.6. The van der Waals surface area contributed by atoms with Gasteiger partial charge in [0, 0.05) is 26.3 Å². The summed E-state index contributed by atoms with van der Waals surface area (Å²) in [4.78, 5) is 25.7. The lowest BCUT2D eigenvalue weighted by Crippen LogP contribution is -2.67. The lowest BCUT2D eigenvalue weighted by Gasteiger charge is -2.72. The number of aliphatic hydroxyl groups excluding tert-OH is 1. The Bertz CT molecular complexity index is 1330. The molecule has 9 nitrogen and oxygen atoms in total. The normalized spacial score (nSPS) is 38.3. The molecule has 0 bridgehead atoms. The molecule has 5 saturated carbocycles. The van der Waals surface area contributed by atoms with Crippen molar-refractivity contribution < 1.29 is 33.6 Å². The summed E-state index contributed by atoms with van der Waals surface area (Å²) in [6.45, 7) is 23.3. The number of carbonyl (C=O) groups excluding carboxylic acids is 2. The molecule has 5 aliphatic carbocycles. The summed E-state index contributed by atoms with van der Waals surface area (Å²) in [5.74, 6) is 5.01. The molecule has 5 rings (SSSR count). The maximum absolute atomic E-state index is 14.4. The average Bonchev–Trinajstić information content (AvgIpc) is 3.52. The molecule has 5 fully saturated rings. The van der Waals surface area contributed by atoms with Gasteiger partial charge in [-0.3, -0.25) is 4.79 Å². The first kappa shape index (κ1) is 42.0. The van der Waals surface area contributed by atoms with Crippen molar-refractivity contribution in [2.45, 2.75) is 125 Å². The highest BCUT2D eigenvalue weighted by Crippen LogP contribution is 2.77. The van der Waals surface area contributed by atoms with Crippen LogP contribution in [0, 0.1) is 69.0 Å². The van der Waals surface area contributed by atoms with Gasteiger partial charge < -0.3 is 34.7 Å². The van der Waals surface area contributed by atoms with Gasteiger partial charge in [0.25, 0.3) is 0 Å². The summed E-state index contributed by atoms with van der Waals surface area (Å²) in [5.41, 5.74) is 1.59. The van der Waals surface area contributed by atoms with Crippen LogP contribution < -0.4 is 10.6 Å². The fourth-order valence-electron chi connectivity index (χ4n) is 13.1. The number of fused-ring (bicyclic) bond motifs is 7. The molecule has 0 aliphatic heterocycles. The van der Waals surface area contributed by atoms with Crippen LogP contribution in [0.3, 0.4) is 0 Å². The molecule has 5 aliphatic rings. The van der Waals surface area contributed by atoms with Crippen LogP contribution in [0.15, 0.2) is 12.2 Å². The minimum Gasteiger partial charge on any atom is -0.436 e. The zero-order valence-corrected chi connectivity index (χ0v) is 34.0. The second-order valence-corrected chi connectivity index (χ2v) is 18.7. The number of hydrogen-bond donors (Lipinski definition) is 3. The third kappa shape index (κ3) is 8.09. The van der Waals surface area contributed by atoms with Crippen molar-refractivity contribution in [2.75, 3.05) is 59.3 Å². The van der Waals surface area contributed by atoms with E-state index in [9.17, 15) is 14.7 Å². The molecule has 0 saturated heterocycles. The molecule has 9 heteroatoms. The zero-order valence-electron chi connectivity index (χ0n) is 34.0. The van der Waals surface area contributed by atoms with Crippen LogP contribution in [0.4, 0.5) is 4.79 Å². The summed E-state index contributed by atoms with van der Waals surface area (Å²) < 4.78 is 21.7. The summed E-state index contributed by atoms with van der Waals surface area (Å²) in [6, 6.07) is 0. The SMILES string of the molecule is C#CCOC(=O)NCCCOCCOCCOCCCNC(=O)[C@]12CC[C@@H](C(=C)C)[C@@H]1[C@H]1CC[C@@H]3[C@@]4(C)CC[C@H](O)C(C)(C)[C@@H]4CC[C@@]3(C)[C@]1(C)CC2. The number of amides is 2. The maximum Gasteiger partial charge on any atom is 0.408 e. The summed E-state index contributed by atoms with van der Waals surface area (Å²) in [6.07, 6.45) is 16.9. The van der Waals surface area contributed by atoms with E-state index in [0.29, 0.717) is 88.7 Å². The summed E-state index contributed by atoms with van der Waals surface area (Å²) in [7, 11) is 0. The maximum atomic E-state index is 14.4. The Hall–Kier alpha value is -2.12. The monoisotopic (exact) mass is 741 g/mol. The lowest BCUT2D eigenvalue weighted by molar-refractivity contribution is -0.246. The van der Waals surface area contributed by atoms with Crippen molar-refractivity contribution in [3.63, 3.8) is 0 Å². The molecule has 0 aromatic heterocycles. The molecule has 0 unspecified atom stereocenters. The Morgan fingerprint density at radius 1 is 0.774 bits per heavy atom. The largest absolute Gasteiger partial charge is 0.436 e. The minimum atomic E-state index is -0.519. The Balaban J connectivity index is 1.07.